The smallest absolute Gasteiger partial charge is 0.310 e. The molecule has 1 aromatic carbocycles. The predicted molar refractivity (Wildman–Crippen MR) is 70.8 cm³/mol. The van der Waals surface area contributed by atoms with E-state index >= 15 is 0 Å². The van der Waals surface area contributed by atoms with Gasteiger partial charge in [0.15, 0.2) is 0 Å². The third kappa shape index (κ3) is 4.85. The van der Waals surface area contributed by atoms with Crippen molar-refractivity contribution in [3.8, 4) is 0 Å². The zero-order valence-electron chi connectivity index (χ0n) is 11.0. The van der Waals surface area contributed by atoms with Gasteiger partial charge in [-0.2, -0.15) is 0 Å². The number of ether oxygens (including phenoxy) is 1. The molecule has 1 aromatic rings. The van der Waals surface area contributed by atoms with Crippen LogP contribution in [0.5, 0.6) is 0 Å². The zero-order chi connectivity index (χ0) is 13.1. The Morgan fingerprint density at radius 3 is 2.53 bits per heavy atom. The largest absolute Gasteiger partial charge is 0.460 e. The van der Waals surface area contributed by atoms with E-state index in [0.29, 0.717) is 6.42 Å². The van der Waals surface area contributed by atoms with Crippen LogP contribution in [0.3, 0.4) is 0 Å². The number of aryl methyl sites for hydroxylation is 1. The van der Waals surface area contributed by atoms with Gasteiger partial charge in [0.05, 0.1) is 6.42 Å². The van der Waals surface area contributed by atoms with Gasteiger partial charge in [0.1, 0.15) is 5.60 Å². The van der Waals surface area contributed by atoms with Crippen LogP contribution in [-0.4, -0.2) is 11.6 Å². The van der Waals surface area contributed by atoms with Crippen LogP contribution in [0.15, 0.2) is 24.8 Å². The van der Waals surface area contributed by atoms with Crippen molar-refractivity contribution in [3.63, 3.8) is 0 Å². The van der Waals surface area contributed by atoms with Crippen LogP contribution in [0.2, 0.25) is 0 Å². The van der Waals surface area contributed by atoms with Gasteiger partial charge >= 0.3 is 5.97 Å². The third-order valence-electron chi connectivity index (χ3n) is 2.16. The molecular weight excluding hydrogens is 212 g/mol. The molecule has 0 saturated carbocycles. The van der Waals surface area contributed by atoms with E-state index in [1.807, 2.05) is 45.9 Å². The monoisotopic (exact) mass is 232 g/mol. The molecule has 2 heteroatoms. The first kappa shape index (κ1) is 13.5. The molecule has 2 nitrogen and oxygen atoms in total. The Labute approximate surface area is 103 Å². The predicted octanol–water partition coefficient (Wildman–Crippen LogP) is 3.52. The van der Waals surface area contributed by atoms with E-state index in [4.69, 9.17) is 4.74 Å². The molecular formula is C15H20O2. The molecule has 1 rings (SSSR count). The molecule has 0 radical (unpaired) electrons. The average molecular weight is 232 g/mol. The van der Waals surface area contributed by atoms with Crippen molar-refractivity contribution in [2.75, 3.05) is 0 Å². The van der Waals surface area contributed by atoms with Gasteiger partial charge in [-0.3, -0.25) is 4.79 Å². The van der Waals surface area contributed by atoms with Crippen LogP contribution in [0.1, 0.15) is 37.5 Å². The van der Waals surface area contributed by atoms with Gasteiger partial charge in [0.2, 0.25) is 0 Å². The fraction of sp³-hybridized carbons (Fsp3) is 0.400. The second-order valence-corrected chi connectivity index (χ2v) is 5.22. The highest BCUT2D eigenvalue weighted by molar-refractivity contribution is 5.73. The van der Waals surface area contributed by atoms with E-state index in [-0.39, 0.29) is 5.97 Å². The standard InChI is InChI=1S/C15H20O2/c1-6-12-7-11(2)8-13(9-12)10-14(16)17-15(3,4)5/h6-9H,1,10H2,2-5H3. The number of hydrogen-bond donors (Lipinski definition) is 0. The van der Waals surface area contributed by atoms with E-state index in [0.717, 1.165) is 16.7 Å². The van der Waals surface area contributed by atoms with Gasteiger partial charge in [-0.15, -0.1) is 0 Å². The van der Waals surface area contributed by atoms with Crippen LogP contribution in [0.4, 0.5) is 0 Å². The summed E-state index contributed by atoms with van der Waals surface area (Å²) in [4.78, 5) is 11.7. The molecule has 17 heavy (non-hydrogen) atoms. The molecule has 0 spiro atoms. The normalized spacial score (nSPS) is 11.1. The number of esters is 1. The Balaban J connectivity index is 2.78. The second-order valence-electron chi connectivity index (χ2n) is 5.22. The number of rotatable bonds is 3. The Kier molecular flexibility index (Phi) is 4.11. The van der Waals surface area contributed by atoms with Crippen LogP contribution < -0.4 is 0 Å². The molecule has 0 saturated heterocycles. The van der Waals surface area contributed by atoms with Gasteiger partial charge in [0, 0.05) is 0 Å². The minimum absolute atomic E-state index is 0.196. The van der Waals surface area contributed by atoms with Crippen LogP contribution >= 0.6 is 0 Å². The van der Waals surface area contributed by atoms with Crippen molar-refractivity contribution < 1.29 is 9.53 Å². The van der Waals surface area contributed by atoms with Crippen molar-refractivity contribution in [3.05, 3.63) is 41.5 Å². The lowest BCUT2D eigenvalue weighted by Crippen LogP contribution is -2.24. The summed E-state index contributed by atoms with van der Waals surface area (Å²) in [5, 5.41) is 0. The molecule has 0 aliphatic rings. The van der Waals surface area contributed by atoms with E-state index in [2.05, 4.69) is 6.58 Å². The first-order valence-corrected chi connectivity index (χ1v) is 5.75. The van der Waals surface area contributed by atoms with Gasteiger partial charge in [-0.25, -0.2) is 0 Å². The summed E-state index contributed by atoms with van der Waals surface area (Å²) in [6, 6.07) is 5.99. The third-order valence-corrected chi connectivity index (χ3v) is 2.16. The molecule has 92 valence electrons. The van der Waals surface area contributed by atoms with Crippen molar-refractivity contribution >= 4 is 12.0 Å². The topological polar surface area (TPSA) is 26.3 Å². The van der Waals surface area contributed by atoms with E-state index in [1.165, 1.54) is 0 Å². The molecule has 0 atom stereocenters. The van der Waals surface area contributed by atoms with Crippen LogP contribution in [0, 0.1) is 6.92 Å². The van der Waals surface area contributed by atoms with Gasteiger partial charge in [0.25, 0.3) is 0 Å². The fourth-order valence-corrected chi connectivity index (χ4v) is 1.66. The van der Waals surface area contributed by atoms with Crippen molar-refractivity contribution in [1.29, 1.82) is 0 Å². The van der Waals surface area contributed by atoms with Gasteiger partial charge in [-0.1, -0.05) is 36.4 Å². The van der Waals surface area contributed by atoms with Crippen molar-refractivity contribution in [1.82, 2.24) is 0 Å². The summed E-state index contributed by atoms with van der Waals surface area (Å²) in [7, 11) is 0. The number of carbonyl (C=O) groups excluding carboxylic acids is 1. The molecule has 0 heterocycles. The minimum atomic E-state index is -0.428. The molecule has 0 amide bonds. The summed E-state index contributed by atoms with van der Waals surface area (Å²) in [6.07, 6.45) is 2.09. The molecule has 0 bridgehead atoms. The fourth-order valence-electron chi connectivity index (χ4n) is 1.66. The van der Waals surface area contributed by atoms with E-state index in [1.54, 1.807) is 6.08 Å². The van der Waals surface area contributed by atoms with Gasteiger partial charge in [-0.05, 0) is 38.8 Å². The summed E-state index contributed by atoms with van der Waals surface area (Å²) in [6.45, 7) is 11.4. The maximum Gasteiger partial charge on any atom is 0.310 e. The number of carbonyl (C=O) groups is 1. The first-order chi connectivity index (χ1) is 7.80. The highest BCUT2D eigenvalue weighted by Crippen LogP contribution is 2.14. The Morgan fingerprint density at radius 2 is 2.00 bits per heavy atom. The summed E-state index contributed by atoms with van der Waals surface area (Å²) >= 11 is 0. The Hall–Kier alpha value is -1.57. The van der Waals surface area contributed by atoms with E-state index < -0.39 is 5.60 Å². The highest BCUT2D eigenvalue weighted by Gasteiger charge is 2.16. The van der Waals surface area contributed by atoms with Crippen molar-refractivity contribution in [2.24, 2.45) is 0 Å². The zero-order valence-corrected chi connectivity index (χ0v) is 11.0. The first-order valence-electron chi connectivity index (χ1n) is 5.75. The molecule has 0 N–H and O–H groups in total. The average Bonchev–Trinajstić information content (AvgIpc) is 2.13. The van der Waals surface area contributed by atoms with E-state index in [9.17, 15) is 4.79 Å². The maximum absolute atomic E-state index is 11.7. The lowest BCUT2D eigenvalue weighted by atomic mass is 10.0. The Bertz CT molecular complexity index is 425. The number of benzene rings is 1. The lowest BCUT2D eigenvalue weighted by Gasteiger charge is -2.19. The maximum atomic E-state index is 11.7. The van der Waals surface area contributed by atoms with Crippen LogP contribution in [0.25, 0.3) is 6.08 Å². The molecule has 0 aromatic heterocycles. The molecule has 0 aliphatic carbocycles. The SMILES string of the molecule is C=Cc1cc(C)cc(CC(=O)OC(C)(C)C)c1. The van der Waals surface area contributed by atoms with Gasteiger partial charge < -0.3 is 4.74 Å². The van der Waals surface area contributed by atoms with Crippen molar-refractivity contribution in [2.45, 2.75) is 39.7 Å². The summed E-state index contributed by atoms with van der Waals surface area (Å²) in [5.41, 5.74) is 2.70. The minimum Gasteiger partial charge on any atom is -0.460 e. The Morgan fingerprint density at radius 1 is 1.35 bits per heavy atom. The molecule has 0 unspecified atom stereocenters. The molecule has 0 fully saturated rings. The van der Waals surface area contributed by atoms with Crippen LogP contribution in [-0.2, 0) is 16.0 Å². The molecule has 0 aliphatic heterocycles. The second kappa shape index (κ2) is 5.17. The highest BCUT2D eigenvalue weighted by atomic mass is 16.6. The summed E-state index contributed by atoms with van der Waals surface area (Å²) < 4.78 is 5.29. The summed E-state index contributed by atoms with van der Waals surface area (Å²) in [5.74, 6) is -0.196. The number of hydrogen-bond acceptors (Lipinski definition) is 2. The lowest BCUT2D eigenvalue weighted by molar-refractivity contribution is -0.153. The quantitative estimate of drug-likeness (QED) is 0.745.